The van der Waals surface area contributed by atoms with Gasteiger partial charge in [0, 0.05) is 13.2 Å². The largest absolute Gasteiger partial charge is 0.383 e. The van der Waals surface area contributed by atoms with Crippen LogP contribution in [0.25, 0.3) is 0 Å². The number of anilines is 1. The minimum Gasteiger partial charge on any atom is -0.383 e. The van der Waals surface area contributed by atoms with Crippen molar-refractivity contribution >= 4 is 17.3 Å². The third-order valence-corrected chi connectivity index (χ3v) is 2.73. The lowest BCUT2D eigenvalue weighted by atomic mass is 10.1. The summed E-state index contributed by atoms with van der Waals surface area (Å²) < 4.78 is 18.7. The van der Waals surface area contributed by atoms with E-state index < -0.39 is 5.82 Å². The summed E-state index contributed by atoms with van der Waals surface area (Å²) in [5.74, 6) is -0.428. The second kappa shape index (κ2) is 7.48. The van der Waals surface area contributed by atoms with Crippen molar-refractivity contribution in [3.63, 3.8) is 0 Å². The van der Waals surface area contributed by atoms with Gasteiger partial charge in [0.2, 0.25) is 0 Å². The van der Waals surface area contributed by atoms with E-state index in [1.165, 1.54) is 6.07 Å². The lowest BCUT2D eigenvalue weighted by Crippen LogP contribution is -2.26. The van der Waals surface area contributed by atoms with Crippen molar-refractivity contribution < 1.29 is 9.13 Å². The molecule has 5 heteroatoms. The monoisotopic (exact) mass is 260 g/mol. The summed E-state index contributed by atoms with van der Waals surface area (Å²) >= 11 is 5.71. The van der Waals surface area contributed by atoms with Crippen molar-refractivity contribution in [2.24, 2.45) is 5.73 Å². The van der Waals surface area contributed by atoms with E-state index in [0.29, 0.717) is 18.8 Å². The Morgan fingerprint density at radius 1 is 1.53 bits per heavy atom. The molecule has 0 aliphatic rings. The molecule has 0 heterocycles. The molecule has 0 aliphatic heterocycles. The highest BCUT2D eigenvalue weighted by molar-refractivity contribution is 6.31. The van der Waals surface area contributed by atoms with Crippen molar-refractivity contribution in [1.29, 1.82) is 0 Å². The Bertz CT molecular complexity index is 349. The van der Waals surface area contributed by atoms with Crippen molar-refractivity contribution in [2.45, 2.75) is 18.9 Å². The van der Waals surface area contributed by atoms with Crippen LogP contribution in [0.5, 0.6) is 0 Å². The average molecular weight is 261 g/mol. The molecular weight excluding hydrogens is 243 g/mol. The smallest absolute Gasteiger partial charge is 0.164 e. The highest BCUT2D eigenvalue weighted by Gasteiger charge is 2.12. The first kappa shape index (κ1) is 14.2. The number of halogens is 2. The van der Waals surface area contributed by atoms with E-state index in [9.17, 15) is 4.39 Å². The summed E-state index contributed by atoms with van der Waals surface area (Å²) in [6, 6.07) is 4.93. The van der Waals surface area contributed by atoms with Crippen molar-refractivity contribution in [3.05, 3.63) is 29.0 Å². The van der Waals surface area contributed by atoms with E-state index in [4.69, 9.17) is 22.1 Å². The van der Waals surface area contributed by atoms with Crippen LogP contribution in [0.4, 0.5) is 10.1 Å². The topological polar surface area (TPSA) is 47.3 Å². The zero-order chi connectivity index (χ0) is 12.7. The van der Waals surface area contributed by atoms with Gasteiger partial charge in [-0.2, -0.15) is 0 Å². The predicted molar refractivity (Wildman–Crippen MR) is 69.0 cm³/mol. The van der Waals surface area contributed by atoms with Gasteiger partial charge in [-0.1, -0.05) is 17.7 Å². The molecule has 1 unspecified atom stereocenters. The third kappa shape index (κ3) is 4.50. The molecule has 0 aliphatic carbocycles. The van der Waals surface area contributed by atoms with E-state index in [1.807, 2.05) is 0 Å². The number of nitrogens with two attached hydrogens (primary N) is 1. The highest BCUT2D eigenvalue weighted by atomic mass is 35.5. The summed E-state index contributed by atoms with van der Waals surface area (Å²) in [6.45, 7) is 1.12. The van der Waals surface area contributed by atoms with E-state index in [1.54, 1.807) is 19.2 Å². The van der Waals surface area contributed by atoms with E-state index in [0.717, 1.165) is 12.8 Å². The molecule has 0 radical (unpaired) electrons. The molecule has 0 saturated heterocycles. The fourth-order valence-electron chi connectivity index (χ4n) is 1.60. The van der Waals surface area contributed by atoms with Gasteiger partial charge in [0.05, 0.1) is 17.3 Å². The Morgan fingerprint density at radius 2 is 2.29 bits per heavy atom. The molecule has 1 atom stereocenters. The molecular formula is C12H18ClFN2O. The van der Waals surface area contributed by atoms with E-state index in [-0.39, 0.29) is 11.1 Å². The molecule has 1 aromatic rings. The Labute approximate surface area is 106 Å². The SMILES string of the molecule is COCC(CCCN)Nc1cccc(Cl)c1F. The van der Waals surface area contributed by atoms with Crippen LogP contribution in [0.3, 0.4) is 0 Å². The molecule has 0 bridgehead atoms. The molecule has 0 fully saturated rings. The van der Waals surface area contributed by atoms with Gasteiger partial charge >= 0.3 is 0 Å². The molecule has 3 N–H and O–H groups in total. The fraction of sp³-hybridized carbons (Fsp3) is 0.500. The Morgan fingerprint density at radius 3 is 2.94 bits per heavy atom. The van der Waals surface area contributed by atoms with Crippen LogP contribution >= 0.6 is 11.6 Å². The molecule has 1 rings (SSSR count). The lowest BCUT2D eigenvalue weighted by Gasteiger charge is -2.19. The van der Waals surface area contributed by atoms with Gasteiger partial charge in [-0.25, -0.2) is 4.39 Å². The third-order valence-electron chi connectivity index (χ3n) is 2.44. The van der Waals surface area contributed by atoms with Gasteiger partial charge < -0.3 is 15.8 Å². The van der Waals surface area contributed by atoms with Crippen LogP contribution in [-0.4, -0.2) is 26.3 Å². The maximum atomic E-state index is 13.7. The number of benzene rings is 1. The Balaban J connectivity index is 2.67. The summed E-state index contributed by atoms with van der Waals surface area (Å²) in [6.07, 6.45) is 1.69. The highest BCUT2D eigenvalue weighted by Crippen LogP contribution is 2.23. The van der Waals surface area contributed by atoms with Crippen LogP contribution in [0, 0.1) is 5.82 Å². The molecule has 1 aromatic carbocycles. The molecule has 0 amide bonds. The minimum atomic E-state index is -0.428. The molecule has 96 valence electrons. The first-order valence-corrected chi connectivity index (χ1v) is 5.96. The molecule has 3 nitrogen and oxygen atoms in total. The lowest BCUT2D eigenvalue weighted by molar-refractivity contribution is 0.182. The molecule has 0 saturated carbocycles. The predicted octanol–water partition coefficient (Wildman–Crippen LogP) is 2.64. The number of rotatable bonds is 7. The quantitative estimate of drug-likeness (QED) is 0.792. The maximum Gasteiger partial charge on any atom is 0.164 e. The minimum absolute atomic E-state index is 0.0384. The second-order valence-corrected chi connectivity index (χ2v) is 4.24. The fourth-order valence-corrected chi connectivity index (χ4v) is 1.77. The standard InChI is InChI=1S/C12H18ClFN2O/c1-17-8-9(4-3-7-15)16-11-6-2-5-10(13)12(11)14/h2,5-6,9,16H,3-4,7-8,15H2,1H3. The van der Waals surface area contributed by atoms with Gasteiger partial charge in [0.25, 0.3) is 0 Å². The van der Waals surface area contributed by atoms with Crippen molar-refractivity contribution in [1.82, 2.24) is 0 Å². The summed E-state index contributed by atoms with van der Waals surface area (Å²) in [5, 5.41) is 3.20. The molecule has 0 aromatic heterocycles. The van der Waals surface area contributed by atoms with Gasteiger partial charge in [-0.3, -0.25) is 0 Å². The van der Waals surface area contributed by atoms with E-state index >= 15 is 0 Å². The first-order valence-electron chi connectivity index (χ1n) is 5.58. The Hall–Kier alpha value is -0.840. The van der Waals surface area contributed by atoms with Gasteiger partial charge in [-0.15, -0.1) is 0 Å². The number of hydrogen-bond acceptors (Lipinski definition) is 3. The summed E-state index contributed by atoms with van der Waals surface area (Å²) in [7, 11) is 1.62. The Kier molecular flexibility index (Phi) is 6.26. The summed E-state index contributed by atoms with van der Waals surface area (Å²) in [4.78, 5) is 0. The first-order chi connectivity index (χ1) is 8.19. The summed E-state index contributed by atoms with van der Waals surface area (Å²) in [5.41, 5.74) is 5.86. The molecule has 0 spiro atoms. The molecule has 17 heavy (non-hydrogen) atoms. The van der Waals surface area contributed by atoms with Crippen LogP contribution in [0.15, 0.2) is 18.2 Å². The zero-order valence-electron chi connectivity index (χ0n) is 9.88. The van der Waals surface area contributed by atoms with Crippen molar-refractivity contribution in [2.75, 3.05) is 25.6 Å². The van der Waals surface area contributed by atoms with Crippen LogP contribution in [0.1, 0.15) is 12.8 Å². The maximum absolute atomic E-state index is 13.7. The van der Waals surface area contributed by atoms with Crippen LogP contribution in [0.2, 0.25) is 5.02 Å². The van der Waals surface area contributed by atoms with Crippen LogP contribution in [-0.2, 0) is 4.74 Å². The second-order valence-electron chi connectivity index (χ2n) is 3.83. The number of hydrogen-bond donors (Lipinski definition) is 2. The van der Waals surface area contributed by atoms with Gasteiger partial charge in [0.15, 0.2) is 5.82 Å². The normalized spacial score (nSPS) is 12.5. The zero-order valence-corrected chi connectivity index (χ0v) is 10.6. The van der Waals surface area contributed by atoms with Gasteiger partial charge in [-0.05, 0) is 31.5 Å². The van der Waals surface area contributed by atoms with Crippen LogP contribution < -0.4 is 11.1 Å². The number of methoxy groups -OCH3 is 1. The van der Waals surface area contributed by atoms with E-state index in [2.05, 4.69) is 5.32 Å². The number of ether oxygens (including phenoxy) is 1. The van der Waals surface area contributed by atoms with Crippen molar-refractivity contribution in [3.8, 4) is 0 Å². The average Bonchev–Trinajstić information content (AvgIpc) is 2.32. The van der Waals surface area contributed by atoms with Gasteiger partial charge in [0.1, 0.15) is 0 Å². The number of nitrogens with one attached hydrogen (secondary N) is 1.